The molecule has 0 radical (unpaired) electrons. The molecule has 1 N–H and O–H groups in total. The van der Waals surface area contributed by atoms with Crippen molar-refractivity contribution in [3.8, 4) is 0 Å². The smallest absolute Gasteiger partial charge is 0.245 e. The Bertz CT molecular complexity index is 680. The van der Waals surface area contributed by atoms with E-state index in [1.54, 1.807) is 9.80 Å². The lowest BCUT2D eigenvalue weighted by molar-refractivity contribution is -0.152. The molecule has 3 heterocycles. The third kappa shape index (κ3) is 2.65. The number of carbonyl (C=O) groups excluding carboxylic acids is 3. The van der Waals surface area contributed by atoms with Gasteiger partial charge in [0.05, 0.1) is 19.6 Å². The molecule has 0 aliphatic carbocycles. The van der Waals surface area contributed by atoms with E-state index in [4.69, 9.17) is 0 Å². The van der Waals surface area contributed by atoms with Gasteiger partial charge in [0.1, 0.15) is 6.04 Å². The molecule has 0 aromatic heterocycles. The van der Waals surface area contributed by atoms with Gasteiger partial charge >= 0.3 is 0 Å². The Kier molecular flexibility index (Phi) is 3.72. The van der Waals surface area contributed by atoms with Crippen LogP contribution < -0.4 is 5.32 Å². The van der Waals surface area contributed by atoms with E-state index in [2.05, 4.69) is 22.3 Å². The summed E-state index contributed by atoms with van der Waals surface area (Å²) in [5.41, 5.74) is 2.54. The van der Waals surface area contributed by atoms with Crippen LogP contribution in [0, 0.1) is 0 Å². The van der Waals surface area contributed by atoms with Gasteiger partial charge in [-0.15, -0.1) is 0 Å². The molecule has 0 bridgehead atoms. The summed E-state index contributed by atoms with van der Waals surface area (Å²) in [6.45, 7) is 3.19. The first kappa shape index (κ1) is 15.1. The van der Waals surface area contributed by atoms with Gasteiger partial charge < -0.3 is 15.1 Å². The maximum atomic E-state index is 12.6. The van der Waals surface area contributed by atoms with E-state index in [-0.39, 0.29) is 30.8 Å². The molecular weight excluding hydrogens is 308 g/mol. The second-order valence-electron chi connectivity index (χ2n) is 6.57. The number of fused-ring (bicyclic) bond motifs is 2. The molecule has 2 fully saturated rings. The largest absolute Gasteiger partial charge is 0.345 e. The van der Waals surface area contributed by atoms with E-state index < -0.39 is 6.04 Å². The van der Waals surface area contributed by atoms with E-state index in [0.717, 1.165) is 13.1 Å². The minimum absolute atomic E-state index is 0.0216. The summed E-state index contributed by atoms with van der Waals surface area (Å²) >= 11 is 0. The van der Waals surface area contributed by atoms with E-state index in [9.17, 15) is 14.4 Å². The topological polar surface area (TPSA) is 73.0 Å². The van der Waals surface area contributed by atoms with Crippen LogP contribution >= 0.6 is 0 Å². The second kappa shape index (κ2) is 5.90. The Morgan fingerprint density at radius 2 is 1.83 bits per heavy atom. The molecule has 3 amide bonds. The van der Waals surface area contributed by atoms with Crippen LogP contribution in [-0.2, 0) is 27.5 Å². The Balaban J connectivity index is 1.38. The van der Waals surface area contributed by atoms with Gasteiger partial charge in [-0.05, 0) is 11.1 Å². The van der Waals surface area contributed by atoms with Crippen molar-refractivity contribution in [3.63, 3.8) is 0 Å². The highest BCUT2D eigenvalue weighted by atomic mass is 16.2. The lowest BCUT2D eigenvalue weighted by atomic mass is 10.1. The number of carbonyl (C=O) groups is 3. The van der Waals surface area contributed by atoms with Crippen LogP contribution in [0.15, 0.2) is 24.3 Å². The zero-order valence-electron chi connectivity index (χ0n) is 13.4. The summed E-state index contributed by atoms with van der Waals surface area (Å²) in [6.07, 6.45) is 0. The molecule has 3 aliphatic rings. The Hall–Kier alpha value is -2.41. The highest BCUT2D eigenvalue weighted by Crippen LogP contribution is 2.22. The van der Waals surface area contributed by atoms with E-state index in [1.165, 1.54) is 11.1 Å². The molecule has 126 valence electrons. The van der Waals surface area contributed by atoms with Gasteiger partial charge in [0.25, 0.3) is 0 Å². The predicted molar refractivity (Wildman–Crippen MR) is 85.6 cm³/mol. The van der Waals surface area contributed by atoms with Gasteiger partial charge in [-0.3, -0.25) is 19.3 Å². The van der Waals surface area contributed by atoms with Crippen molar-refractivity contribution in [3.05, 3.63) is 35.4 Å². The number of nitrogens with one attached hydrogen (secondary N) is 1. The molecule has 1 aromatic carbocycles. The van der Waals surface area contributed by atoms with E-state index in [1.807, 2.05) is 12.1 Å². The average molecular weight is 328 g/mol. The summed E-state index contributed by atoms with van der Waals surface area (Å²) in [7, 11) is 0. The number of hydrogen-bond donors (Lipinski definition) is 1. The minimum Gasteiger partial charge on any atom is -0.345 e. The zero-order valence-corrected chi connectivity index (χ0v) is 13.4. The molecule has 1 atom stereocenters. The molecule has 1 aromatic rings. The van der Waals surface area contributed by atoms with Crippen LogP contribution in [0.25, 0.3) is 0 Å². The number of benzene rings is 1. The lowest BCUT2D eigenvalue weighted by Crippen LogP contribution is -2.67. The van der Waals surface area contributed by atoms with E-state index >= 15 is 0 Å². The number of hydrogen-bond acceptors (Lipinski definition) is 4. The Labute approximate surface area is 140 Å². The second-order valence-corrected chi connectivity index (χ2v) is 6.57. The molecule has 3 aliphatic heterocycles. The van der Waals surface area contributed by atoms with Crippen LogP contribution in [0.1, 0.15) is 11.1 Å². The van der Waals surface area contributed by atoms with Crippen LogP contribution in [0.2, 0.25) is 0 Å². The van der Waals surface area contributed by atoms with Crippen molar-refractivity contribution in [1.29, 1.82) is 0 Å². The number of rotatable bonds is 2. The summed E-state index contributed by atoms with van der Waals surface area (Å²) in [6, 6.07) is 7.68. The van der Waals surface area contributed by atoms with Crippen molar-refractivity contribution in [2.75, 3.05) is 32.7 Å². The first-order valence-electron chi connectivity index (χ1n) is 8.26. The lowest BCUT2D eigenvalue weighted by Gasteiger charge is -2.43. The van der Waals surface area contributed by atoms with Gasteiger partial charge in [-0.1, -0.05) is 24.3 Å². The maximum Gasteiger partial charge on any atom is 0.245 e. The fourth-order valence-electron chi connectivity index (χ4n) is 3.72. The van der Waals surface area contributed by atoms with Crippen molar-refractivity contribution in [2.24, 2.45) is 0 Å². The van der Waals surface area contributed by atoms with Crippen LogP contribution in [0.4, 0.5) is 0 Å². The normalized spacial score (nSPS) is 23.8. The Morgan fingerprint density at radius 1 is 1.12 bits per heavy atom. The molecule has 4 rings (SSSR count). The van der Waals surface area contributed by atoms with Crippen LogP contribution in [0.3, 0.4) is 0 Å². The molecular formula is C17H20N4O3. The van der Waals surface area contributed by atoms with Crippen molar-refractivity contribution in [2.45, 2.75) is 19.1 Å². The van der Waals surface area contributed by atoms with Gasteiger partial charge in [-0.2, -0.15) is 0 Å². The van der Waals surface area contributed by atoms with Crippen molar-refractivity contribution in [1.82, 2.24) is 20.0 Å². The Morgan fingerprint density at radius 3 is 2.54 bits per heavy atom. The van der Waals surface area contributed by atoms with Crippen LogP contribution in [0.5, 0.6) is 0 Å². The third-order valence-electron chi connectivity index (χ3n) is 5.04. The molecule has 7 heteroatoms. The van der Waals surface area contributed by atoms with Gasteiger partial charge in [0.2, 0.25) is 17.7 Å². The summed E-state index contributed by atoms with van der Waals surface area (Å²) in [5, 5.41) is 2.60. The maximum absolute atomic E-state index is 12.6. The standard InChI is InChI=1S/C17H20N4O3/c22-15-7-18-17(24)14-10-20(5-6-21(14)15)16(23)11-19-8-12-3-1-2-4-13(12)9-19/h1-4,14H,5-11H2,(H,18,24)/t14-/m1/s1. The highest BCUT2D eigenvalue weighted by molar-refractivity contribution is 5.95. The van der Waals surface area contributed by atoms with Gasteiger partial charge in [0.15, 0.2) is 0 Å². The average Bonchev–Trinajstić information content (AvgIpc) is 3.00. The number of piperazine rings is 2. The monoisotopic (exact) mass is 328 g/mol. The SMILES string of the molecule is O=C1NCC(=O)N2CCN(C(=O)CN3Cc4ccccc4C3)C[C@H]12. The predicted octanol–water partition coefficient (Wildman–Crippen LogP) is -0.829. The molecule has 0 unspecified atom stereocenters. The molecule has 0 saturated carbocycles. The molecule has 24 heavy (non-hydrogen) atoms. The van der Waals surface area contributed by atoms with Crippen molar-refractivity contribution < 1.29 is 14.4 Å². The first-order valence-corrected chi connectivity index (χ1v) is 8.26. The zero-order chi connectivity index (χ0) is 16.7. The third-order valence-corrected chi connectivity index (χ3v) is 5.04. The highest BCUT2D eigenvalue weighted by Gasteiger charge is 2.40. The first-order chi connectivity index (χ1) is 11.6. The summed E-state index contributed by atoms with van der Waals surface area (Å²) in [4.78, 5) is 41.9. The quantitative estimate of drug-likeness (QED) is 0.769. The molecule has 2 saturated heterocycles. The van der Waals surface area contributed by atoms with Gasteiger partial charge in [0, 0.05) is 26.2 Å². The van der Waals surface area contributed by atoms with Gasteiger partial charge in [-0.25, -0.2) is 0 Å². The van der Waals surface area contributed by atoms with E-state index in [0.29, 0.717) is 19.6 Å². The molecule has 7 nitrogen and oxygen atoms in total. The summed E-state index contributed by atoms with van der Waals surface area (Å²) in [5.74, 6) is -0.212. The minimum atomic E-state index is -0.542. The van der Waals surface area contributed by atoms with Crippen LogP contribution in [-0.4, -0.2) is 71.2 Å². The fraction of sp³-hybridized carbons (Fsp3) is 0.471. The molecule has 0 spiro atoms. The fourth-order valence-corrected chi connectivity index (χ4v) is 3.72. The number of nitrogens with zero attached hydrogens (tertiary/aromatic N) is 3. The number of amides is 3. The summed E-state index contributed by atoms with van der Waals surface area (Å²) < 4.78 is 0. The van der Waals surface area contributed by atoms with Crippen molar-refractivity contribution >= 4 is 17.7 Å².